The predicted molar refractivity (Wildman–Crippen MR) is 87.0 cm³/mol. The number of benzene rings is 1. The Morgan fingerprint density at radius 3 is 2.68 bits per heavy atom. The monoisotopic (exact) mass is 326 g/mol. The molecular weight excluding hydrogens is 304 g/mol. The molecule has 0 aliphatic carbocycles. The zero-order valence-electron chi connectivity index (χ0n) is 12.7. The highest BCUT2D eigenvalue weighted by Crippen LogP contribution is 2.16. The Labute approximate surface area is 137 Å². The van der Waals surface area contributed by atoms with Crippen LogP contribution in [0, 0.1) is 5.92 Å². The van der Waals surface area contributed by atoms with E-state index in [1.54, 1.807) is 0 Å². The third-order valence-corrected chi connectivity index (χ3v) is 3.90. The van der Waals surface area contributed by atoms with Crippen molar-refractivity contribution in [3.8, 4) is 0 Å². The van der Waals surface area contributed by atoms with Crippen molar-refractivity contribution in [1.29, 1.82) is 0 Å². The number of piperidine rings is 1. The van der Waals surface area contributed by atoms with Crippen molar-refractivity contribution in [1.82, 2.24) is 10.2 Å². The fourth-order valence-electron chi connectivity index (χ4n) is 2.72. The van der Waals surface area contributed by atoms with E-state index >= 15 is 0 Å². The minimum absolute atomic E-state index is 0. The molecule has 1 heterocycles. The number of nitrogens with zero attached hydrogens (tertiary/aromatic N) is 1. The van der Waals surface area contributed by atoms with Crippen molar-refractivity contribution in [3.05, 3.63) is 35.9 Å². The number of halogens is 1. The van der Waals surface area contributed by atoms with Crippen LogP contribution in [0.25, 0.3) is 0 Å². The summed E-state index contributed by atoms with van der Waals surface area (Å²) in [4.78, 5) is 25.0. The topological polar surface area (TPSA) is 69.6 Å². The Balaban J connectivity index is 0.00000242. The molecular formula is C16H23ClN2O3. The maximum atomic E-state index is 12.1. The first-order chi connectivity index (χ1) is 10.1. The maximum Gasteiger partial charge on any atom is 0.307 e. The molecule has 2 unspecified atom stereocenters. The Morgan fingerprint density at radius 2 is 2.05 bits per heavy atom. The highest BCUT2D eigenvalue weighted by Gasteiger charge is 2.26. The summed E-state index contributed by atoms with van der Waals surface area (Å²) in [5.74, 6) is -1.17. The lowest BCUT2D eigenvalue weighted by Crippen LogP contribution is -2.44. The number of carbonyl (C=O) groups is 2. The minimum atomic E-state index is -0.766. The number of hydrogen-bond donors (Lipinski definition) is 2. The second-order valence-corrected chi connectivity index (χ2v) is 5.61. The van der Waals surface area contributed by atoms with Crippen molar-refractivity contribution in [2.75, 3.05) is 19.6 Å². The number of likely N-dealkylation sites (tertiary alicyclic amines) is 1. The van der Waals surface area contributed by atoms with E-state index in [1.807, 2.05) is 42.2 Å². The van der Waals surface area contributed by atoms with Crippen LogP contribution in [0.3, 0.4) is 0 Å². The number of carboxylic acids is 1. The van der Waals surface area contributed by atoms with Gasteiger partial charge >= 0.3 is 5.97 Å². The number of rotatable bonds is 5. The molecule has 0 aromatic heterocycles. The standard InChI is InChI=1S/C16H22N2O3.ClH/c1-12(13-6-3-2-4-7-13)17-15(19)11-18-9-5-8-14(10-18)16(20)21;/h2-4,6-7,12,14H,5,8-11H2,1H3,(H,17,19)(H,20,21);1H. The molecule has 122 valence electrons. The van der Waals surface area contributed by atoms with E-state index in [2.05, 4.69) is 5.32 Å². The number of nitrogens with one attached hydrogen (secondary N) is 1. The van der Waals surface area contributed by atoms with Gasteiger partial charge in [0.2, 0.25) is 5.91 Å². The number of carboxylic acid groups (broad SMARTS) is 1. The number of amides is 1. The first-order valence-electron chi connectivity index (χ1n) is 7.35. The van der Waals surface area contributed by atoms with Crippen molar-refractivity contribution < 1.29 is 14.7 Å². The maximum absolute atomic E-state index is 12.1. The van der Waals surface area contributed by atoms with Gasteiger partial charge in [0.1, 0.15) is 0 Å². The summed E-state index contributed by atoms with van der Waals surface area (Å²) < 4.78 is 0. The van der Waals surface area contributed by atoms with Gasteiger partial charge in [-0.25, -0.2) is 0 Å². The second-order valence-electron chi connectivity index (χ2n) is 5.61. The number of carbonyl (C=O) groups excluding carboxylic acids is 1. The first kappa shape index (κ1) is 18.5. The average Bonchev–Trinajstić information content (AvgIpc) is 2.48. The van der Waals surface area contributed by atoms with Crippen LogP contribution in [0.15, 0.2) is 30.3 Å². The van der Waals surface area contributed by atoms with E-state index in [9.17, 15) is 9.59 Å². The number of hydrogen-bond acceptors (Lipinski definition) is 3. The van der Waals surface area contributed by atoms with Gasteiger partial charge in [0.25, 0.3) is 0 Å². The van der Waals surface area contributed by atoms with Gasteiger partial charge in [-0.05, 0) is 31.9 Å². The fraction of sp³-hybridized carbons (Fsp3) is 0.500. The Kier molecular flexibility index (Phi) is 7.35. The van der Waals surface area contributed by atoms with E-state index in [1.165, 1.54) is 0 Å². The van der Waals surface area contributed by atoms with Crippen LogP contribution in [-0.4, -0.2) is 41.5 Å². The third-order valence-electron chi connectivity index (χ3n) is 3.90. The normalized spacial score (nSPS) is 19.8. The van der Waals surface area contributed by atoms with Crippen LogP contribution in [0.5, 0.6) is 0 Å². The minimum Gasteiger partial charge on any atom is -0.481 e. The molecule has 22 heavy (non-hydrogen) atoms. The van der Waals surface area contributed by atoms with Crippen LogP contribution >= 0.6 is 12.4 Å². The Morgan fingerprint density at radius 1 is 1.36 bits per heavy atom. The predicted octanol–water partition coefficient (Wildman–Crippen LogP) is 2.08. The van der Waals surface area contributed by atoms with Gasteiger partial charge < -0.3 is 10.4 Å². The van der Waals surface area contributed by atoms with Gasteiger partial charge in [0, 0.05) is 6.54 Å². The summed E-state index contributed by atoms with van der Waals surface area (Å²) in [6, 6.07) is 9.75. The average molecular weight is 327 g/mol. The zero-order chi connectivity index (χ0) is 15.2. The SMILES string of the molecule is CC(NC(=O)CN1CCCC(C(=O)O)C1)c1ccccc1.Cl. The molecule has 5 nitrogen and oxygen atoms in total. The van der Waals surface area contributed by atoms with Crippen molar-refractivity contribution in [2.45, 2.75) is 25.8 Å². The quantitative estimate of drug-likeness (QED) is 0.869. The molecule has 1 fully saturated rings. The second kappa shape index (κ2) is 8.76. The third kappa shape index (κ3) is 5.31. The summed E-state index contributed by atoms with van der Waals surface area (Å²) in [7, 11) is 0. The zero-order valence-corrected chi connectivity index (χ0v) is 13.5. The van der Waals surface area contributed by atoms with Crippen LogP contribution in [0.2, 0.25) is 0 Å². The largest absolute Gasteiger partial charge is 0.481 e. The molecule has 0 radical (unpaired) electrons. The highest BCUT2D eigenvalue weighted by molar-refractivity contribution is 5.85. The molecule has 1 saturated heterocycles. The lowest BCUT2D eigenvalue weighted by Gasteiger charge is -2.30. The van der Waals surface area contributed by atoms with E-state index in [0.29, 0.717) is 13.0 Å². The first-order valence-corrected chi connectivity index (χ1v) is 7.35. The molecule has 2 atom stereocenters. The molecule has 1 aromatic carbocycles. The van der Waals surface area contributed by atoms with E-state index < -0.39 is 5.97 Å². The van der Waals surface area contributed by atoms with Gasteiger partial charge in [0.05, 0.1) is 18.5 Å². The Bertz CT molecular complexity index is 495. The molecule has 0 saturated carbocycles. The summed E-state index contributed by atoms with van der Waals surface area (Å²) >= 11 is 0. The molecule has 2 N–H and O–H groups in total. The van der Waals surface area contributed by atoms with Gasteiger partial charge in [-0.1, -0.05) is 30.3 Å². The van der Waals surface area contributed by atoms with Gasteiger partial charge in [-0.15, -0.1) is 12.4 Å². The van der Waals surface area contributed by atoms with Gasteiger partial charge in [-0.3, -0.25) is 14.5 Å². The van der Waals surface area contributed by atoms with Crippen molar-refractivity contribution >= 4 is 24.3 Å². The molecule has 1 aliphatic rings. The molecule has 0 bridgehead atoms. The molecule has 0 spiro atoms. The molecule has 1 aromatic rings. The van der Waals surface area contributed by atoms with Crippen molar-refractivity contribution in [3.63, 3.8) is 0 Å². The number of aliphatic carboxylic acids is 1. The molecule has 2 rings (SSSR count). The van der Waals surface area contributed by atoms with Crippen LogP contribution in [0.1, 0.15) is 31.4 Å². The molecule has 6 heteroatoms. The summed E-state index contributed by atoms with van der Waals surface area (Å²) in [5.41, 5.74) is 1.06. The fourth-order valence-corrected chi connectivity index (χ4v) is 2.72. The molecule has 1 amide bonds. The van der Waals surface area contributed by atoms with E-state index in [0.717, 1.165) is 18.5 Å². The smallest absolute Gasteiger partial charge is 0.307 e. The lowest BCUT2D eigenvalue weighted by atomic mass is 9.98. The lowest BCUT2D eigenvalue weighted by molar-refractivity contribution is -0.144. The van der Waals surface area contributed by atoms with Crippen molar-refractivity contribution in [2.24, 2.45) is 5.92 Å². The summed E-state index contributed by atoms with van der Waals surface area (Å²) in [5, 5.41) is 12.0. The van der Waals surface area contributed by atoms with Crippen LogP contribution in [0.4, 0.5) is 0 Å². The summed E-state index contributed by atoms with van der Waals surface area (Å²) in [6.45, 7) is 3.46. The van der Waals surface area contributed by atoms with E-state index in [-0.39, 0.29) is 36.8 Å². The highest BCUT2D eigenvalue weighted by atomic mass is 35.5. The summed E-state index contributed by atoms with van der Waals surface area (Å²) in [6.07, 6.45) is 1.53. The van der Waals surface area contributed by atoms with Gasteiger partial charge in [-0.2, -0.15) is 0 Å². The van der Waals surface area contributed by atoms with E-state index in [4.69, 9.17) is 5.11 Å². The van der Waals surface area contributed by atoms with Crippen LogP contribution < -0.4 is 5.32 Å². The van der Waals surface area contributed by atoms with Crippen LogP contribution in [-0.2, 0) is 9.59 Å². The van der Waals surface area contributed by atoms with Gasteiger partial charge in [0.15, 0.2) is 0 Å². The Hall–Kier alpha value is -1.59. The molecule has 1 aliphatic heterocycles.